The SMILES string of the molecule is COc1cc(C)cc2c1[C@H](C)CC[C@H]2[C@H](C)CC(C=C(C)C)S(=O)(=O)c1ccccc1. The Labute approximate surface area is 188 Å². The molecule has 31 heavy (non-hydrogen) atoms. The highest BCUT2D eigenvalue weighted by atomic mass is 32.2. The molecule has 0 bridgehead atoms. The quantitative estimate of drug-likeness (QED) is 0.444. The van der Waals surface area contributed by atoms with Gasteiger partial charge in [-0.1, -0.05) is 49.8 Å². The lowest BCUT2D eigenvalue weighted by Gasteiger charge is -2.36. The average molecular weight is 441 g/mol. The summed E-state index contributed by atoms with van der Waals surface area (Å²) < 4.78 is 32.7. The van der Waals surface area contributed by atoms with Crippen LogP contribution in [-0.2, 0) is 9.84 Å². The molecule has 0 fully saturated rings. The zero-order chi connectivity index (χ0) is 22.8. The first-order chi connectivity index (χ1) is 14.6. The van der Waals surface area contributed by atoms with Crippen molar-refractivity contribution in [2.45, 2.75) is 75.9 Å². The van der Waals surface area contributed by atoms with Crippen molar-refractivity contribution in [3.8, 4) is 5.75 Å². The van der Waals surface area contributed by atoms with Crippen LogP contribution in [0.4, 0.5) is 0 Å². The van der Waals surface area contributed by atoms with Crippen LogP contribution in [0.3, 0.4) is 0 Å². The van der Waals surface area contributed by atoms with Gasteiger partial charge in [0.2, 0.25) is 0 Å². The summed E-state index contributed by atoms with van der Waals surface area (Å²) in [6.07, 6.45) is 4.72. The summed E-state index contributed by atoms with van der Waals surface area (Å²) in [7, 11) is -1.70. The van der Waals surface area contributed by atoms with Crippen LogP contribution in [0.15, 0.2) is 59.0 Å². The topological polar surface area (TPSA) is 43.4 Å². The second-order valence-corrected chi connectivity index (χ2v) is 11.6. The van der Waals surface area contributed by atoms with Gasteiger partial charge in [-0.25, -0.2) is 8.42 Å². The molecule has 2 aromatic carbocycles. The highest BCUT2D eigenvalue weighted by molar-refractivity contribution is 7.92. The van der Waals surface area contributed by atoms with Crippen molar-refractivity contribution >= 4 is 9.84 Å². The summed E-state index contributed by atoms with van der Waals surface area (Å²) in [6.45, 7) is 10.5. The Hall–Kier alpha value is -2.07. The zero-order valence-corrected chi connectivity index (χ0v) is 20.5. The van der Waals surface area contributed by atoms with E-state index >= 15 is 0 Å². The molecule has 2 aromatic rings. The number of rotatable bonds is 7. The van der Waals surface area contributed by atoms with Crippen molar-refractivity contribution in [1.82, 2.24) is 0 Å². The summed E-state index contributed by atoms with van der Waals surface area (Å²) >= 11 is 0. The Morgan fingerprint density at radius 1 is 1.16 bits per heavy atom. The Morgan fingerprint density at radius 3 is 2.45 bits per heavy atom. The first-order valence-corrected chi connectivity index (χ1v) is 12.8. The number of allylic oxidation sites excluding steroid dienone is 1. The molecule has 1 unspecified atom stereocenters. The highest BCUT2D eigenvalue weighted by Gasteiger charge is 2.34. The molecular weight excluding hydrogens is 404 g/mol. The van der Waals surface area contributed by atoms with E-state index in [0.29, 0.717) is 23.2 Å². The van der Waals surface area contributed by atoms with Gasteiger partial charge in [-0.15, -0.1) is 0 Å². The third-order valence-corrected chi connectivity index (χ3v) is 8.68. The summed E-state index contributed by atoms with van der Waals surface area (Å²) in [5, 5.41) is -0.524. The van der Waals surface area contributed by atoms with Gasteiger partial charge in [0.15, 0.2) is 9.84 Å². The second-order valence-electron chi connectivity index (χ2n) is 9.41. The lowest BCUT2D eigenvalue weighted by atomic mass is 9.71. The maximum atomic E-state index is 13.5. The van der Waals surface area contributed by atoms with Crippen molar-refractivity contribution < 1.29 is 13.2 Å². The van der Waals surface area contributed by atoms with Crippen molar-refractivity contribution in [2.24, 2.45) is 5.92 Å². The molecule has 0 aromatic heterocycles. The molecule has 0 spiro atoms. The van der Waals surface area contributed by atoms with E-state index in [0.717, 1.165) is 24.2 Å². The van der Waals surface area contributed by atoms with Crippen LogP contribution in [0.2, 0.25) is 0 Å². The van der Waals surface area contributed by atoms with E-state index in [9.17, 15) is 8.42 Å². The Morgan fingerprint density at radius 2 is 1.84 bits per heavy atom. The first kappa shape index (κ1) is 23.6. The van der Waals surface area contributed by atoms with Crippen LogP contribution in [0.1, 0.15) is 75.5 Å². The van der Waals surface area contributed by atoms with E-state index in [2.05, 4.69) is 32.9 Å². The van der Waals surface area contributed by atoms with Gasteiger partial charge in [0.25, 0.3) is 0 Å². The van der Waals surface area contributed by atoms with E-state index in [1.54, 1.807) is 31.4 Å². The molecule has 0 amide bonds. The van der Waals surface area contributed by atoms with Crippen LogP contribution in [0, 0.1) is 12.8 Å². The number of hydrogen-bond acceptors (Lipinski definition) is 3. The minimum absolute atomic E-state index is 0.233. The van der Waals surface area contributed by atoms with Crippen LogP contribution in [0.5, 0.6) is 5.75 Å². The van der Waals surface area contributed by atoms with Gasteiger partial charge < -0.3 is 4.74 Å². The number of benzene rings is 2. The lowest BCUT2D eigenvalue weighted by molar-refractivity contribution is 0.353. The van der Waals surface area contributed by atoms with Gasteiger partial charge in [0.05, 0.1) is 17.3 Å². The number of ether oxygens (including phenoxy) is 1. The van der Waals surface area contributed by atoms with Crippen molar-refractivity contribution in [2.75, 3.05) is 7.11 Å². The zero-order valence-electron chi connectivity index (χ0n) is 19.7. The first-order valence-electron chi connectivity index (χ1n) is 11.3. The molecule has 0 radical (unpaired) electrons. The number of fused-ring (bicyclic) bond motifs is 1. The third kappa shape index (κ3) is 5.06. The van der Waals surface area contributed by atoms with E-state index in [1.165, 1.54) is 16.7 Å². The maximum absolute atomic E-state index is 13.5. The Bertz CT molecular complexity index is 1030. The molecule has 3 nitrogen and oxygen atoms in total. The molecule has 168 valence electrons. The minimum atomic E-state index is -3.44. The molecule has 3 rings (SSSR count). The number of aryl methyl sites for hydroxylation is 1. The van der Waals surface area contributed by atoms with Gasteiger partial charge in [0, 0.05) is 5.56 Å². The predicted molar refractivity (Wildman–Crippen MR) is 129 cm³/mol. The number of sulfone groups is 1. The van der Waals surface area contributed by atoms with Crippen LogP contribution < -0.4 is 4.74 Å². The molecule has 0 N–H and O–H groups in total. The maximum Gasteiger partial charge on any atom is 0.184 e. The number of hydrogen-bond donors (Lipinski definition) is 0. The monoisotopic (exact) mass is 440 g/mol. The molecule has 1 aliphatic carbocycles. The summed E-state index contributed by atoms with van der Waals surface area (Å²) in [4.78, 5) is 0.403. The predicted octanol–water partition coefficient (Wildman–Crippen LogP) is 6.82. The fourth-order valence-corrected chi connectivity index (χ4v) is 6.98. The van der Waals surface area contributed by atoms with Gasteiger partial charge >= 0.3 is 0 Å². The van der Waals surface area contributed by atoms with Crippen molar-refractivity contribution in [1.29, 1.82) is 0 Å². The molecule has 4 atom stereocenters. The van der Waals surface area contributed by atoms with E-state index < -0.39 is 15.1 Å². The summed E-state index contributed by atoms with van der Waals surface area (Å²) in [5.74, 6) is 1.99. The molecule has 0 heterocycles. The number of methoxy groups -OCH3 is 1. The van der Waals surface area contributed by atoms with Gasteiger partial charge in [-0.05, 0) is 87.1 Å². The molecular formula is C27H36O3S. The largest absolute Gasteiger partial charge is 0.496 e. The van der Waals surface area contributed by atoms with Crippen molar-refractivity contribution in [3.63, 3.8) is 0 Å². The molecule has 0 aliphatic heterocycles. The van der Waals surface area contributed by atoms with Crippen LogP contribution >= 0.6 is 0 Å². The van der Waals surface area contributed by atoms with Crippen LogP contribution in [-0.4, -0.2) is 20.8 Å². The fourth-order valence-electron chi connectivity index (χ4n) is 5.09. The molecule has 0 saturated heterocycles. The molecule has 1 aliphatic rings. The van der Waals surface area contributed by atoms with Gasteiger partial charge in [0.1, 0.15) is 5.75 Å². The van der Waals surface area contributed by atoms with E-state index in [4.69, 9.17) is 4.74 Å². The van der Waals surface area contributed by atoms with E-state index in [1.807, 2.05) is 26.0 Å². The summed E-state index contributed by atoms with van der Waals surface area (Å²) in [6, 6.07) is 13.3. The summed E-state index contributed by atoms with van der Waals surface area (Å²) in [5.41, 5.74) is 4.88. The average Bonchev–Trinajstić information content (AvgIpc) is 2.72. The highest BCUT2D eigenvalue weighted by Crippen LogP contribution is 2.47. The molecule has 0 saturated carbocycles. The normalized spacial score (nSPS) is 20.5. The Balaban J connectivity index is 1.97. The smallest absolute Gasteiger partial charge is 0.184 e. The van der Waals surface area contributed by atoms with Gasteiger partial charge in [-0.2, -0.15) is 0 Å². The third-order valence-electron chi connectivity index (χ3n) is 6.62. The van der Waals surface area contributed by atoms with Crippen molar-refractivity contribution in [3.05, 3.63) is 70.8 Å². The van der Waals surface area contributed by atoms with Crippen LogP contribution in [0.25, 0.3) is 0 Å². The fraction of sp³-hybridized carbons (Fsp3) is 0.481. The second kappa shape index (κ2) is 9.60. The minimum Gasteiger partial charge on any atom is -0.496 e. The Kier molecular flexibility index (Phi) is 7.31. The standard InChI is InChI=1S/C27H36O3S/c1-18(2)14-23(31(28,29)22-10-8-7-9-11-22)17-21(5)24-13-12-20(4)27-25(24)15-19(3)16-26(27)30-6/h7-11,14-16,20-21,23-24H,12-13,17H2,1-6H3/t20-,21-,23?,24+/m1/s1. The van der Waals surface area contributed by atoms with E-state index in [-0.39, 0.29) is 5.92 Å². The lowest BCUT2D eigenvalue weighted by Crippen LogP contribution is -2.27. The van der Waals surface area contributed by atoms with Gasteiger partial charge in [-0.3, -0.25) is 0 Å². The molecule has 4 heteroatoms.